The van der Waals surface area contributed by atoms with E-state index in [0.717, 1.165) is 0 Å². The molecule has 0 saturated carbocycles. The Bertz CT molecular complexity index is 265. The molecule has 1 nitrogen and oxygen atoms in total. The Hall–Kier alpha value is -0.500. The Labute approximate surface area is 71.3 Å². The van der Waals surface area contributed by atoms with Crippen LogP contribution in [0.5, 0.6) is 0 Å². The molecule has 0 radical (unpaired) electrons. The van der Waals surface area contributed by atoms with Gasteiger partial charge in [0, 0.05) is 0 Å². The number of hydrogen-bond acceptors (Lipinski definition) is 2. The fourth-order valence-electron chi connectivity index (χ4n) is 1.51. The second-order valence-corrected chi connectivity index (χ2v) is 4.80. The summed E-state index contributed by atoms with van der Waals surface area (Å²) in [5.74, 6) is 0. The van der Waals surface area contributed by atoms with Crippen LogP contribution < -0.4 is 0 Å². The Morgan fingerprint density at radius 2 is 2.36 bits per heavy atom. The van der Waals surface area contributed by atoms with Crippen LogP contribution >= 0.6 is 11.8 Å². The molecular formula is C9H11NS. The molecule has 2 rings (SSSR count). The van der Waals surface area contributed by atoms with Crippen molar-refractivity contribution in [3.8, 4) is 0 Å². The average molecular weight is 165 g/mol. The molecule has 0 amide bonds. The summed E-state index contributed by atoms with van der Waals surface area (Å²) in [6.45, 7) is 4.32. The summed E-state index contributed by atoms with van der Waals surface area (Å²) in [6.07, 6.45) is 8.60. The van der Waals surface area contributed by atoms with E-state index >= 15 is 0 Å². The maximum Gasteiger partial charge on any atom is 0.0875 e. The highest BCUT2D eigenvalue weighted by Crippen LogP contribution is 2.41. The van der Waals surface area contributed by atoms with Gasteiger partial charge in [-0.05, 0) is 13.8 Å². The molecule has 0 spiro atoms. The minimum Gasteiger partial charge on any atom is -0.274 e. The first-order valence-corrected chi connectivity index (χ1v) is 4.62. The molecular weight excluding hydrogens is 154 g/mol. The Balaban J connectivity index is 2.35. The molecule has 0 aromatic rings. The molecule has 0 bridgehead atoms. The van der Waals surface area contributed by atoms with Gasteiger partial charge >= 0.3 is 0 Å². The molecule has 0 fully saturated rings. The Morgan fingerprint density at radius 1 is 1.55 bits per heavy atom. The minimum atomic E-state index is 0.207. The SMILES string of the molecule is CC1=NC2C=CC=CC2(C)S1. The van der Waals surface area contributed by atoms with Crippen LogP contribution in [0.1, 0.15) is 13.8 Å². The van der Waals surface area contributed by atoms with E-state index in [1.165, 1.54) is 5.04 Å². The van der Waals surface area contributed by atoms with Crippen molar-refractivity contribution in [3.05, 3.63) is 24.3 Å². The number of rotatable bonds is 0. The highest BCUT2D eigenvalue weighted by molar-refractivity contribution is 8.15. The molecule has 2 heteroatoms. The van der Waals surface area contributed by atoms with Gasteiger partial charge in [-0.1, -0.05) is 36.1 Å². The molecule has 0 saturated heterocycles. The van der Waals surface area contributed by atoms with Gasteiger partial charge in [-0.15, -0.1) is 0 Å². The quantitative estimate of drug-likeness (QED) is 0.537. The van der Waals surface area contributed by atoms with Crippen molar-refractivity contribution >= 4 is 16.8 Å². The molecule has 0 aromatic heterocycles. The highest BCUT2D eigenvalue weighted by atomic mass is 32.2. The first-order chi connectivity index (χ1) is 5.21. The van der Waals surface area contributed by atoms with E-state index in [4.69, 9.17) is 0 Å². The maximum atomic E-state index is 4.52. The molecule has 0 N–H and O–H groups in total. The molecule has 58 valence electrons. The van der Waals surface area contributed by atoms with Crippen LogP contribution in [0.2, 0.25) is 0 Å². The zero-order valence-corrected chi connectivity index (χ0v) is 7.56. The molecule has 1 aliphatic carbocycles. The Kier molecular flexibility index (Phi) is 1.46. The van der Waals surface area contributed by atoms with Crippen molar-refractivity contribution in [1.29, 1.82) is 0 Å². The van der Waals surface area contributed by atoms with Gasteiger partial charge in [0.2, 0.25) is 0 Å². The van der Waals surface area contributed by atoms with E-state index in [2.05, 4.69) is 43.1 Å². The number of hydrogen-bond donors (Lipinski definition) is 0. The fourth-order valence-corrected chi connectivity index (χ4v) is 2.71. The van der Waals surface area contributed by atoms with Gasteiger partial charge in [0.15, 0.2) is 0 Å². The average Bonchev–Trinajstić information content (AvgIpc) is 2.22. The third-order valence-electron chi connectivity index (χ3n) is 2.11. The Morgan fingerprint density at radius 3 is 3.09 bits per heavy atom. The predicted molar refractivity (Wildman–Crippen MR) is 51.2 cm³/mol. The monoisotopic (exact) mass is 165 g/mol. The number of thioether (sulfide) groups is 1. The topological polar surface area (TPSA) is 12.4 Å². The minimum absolute atomic E-state index is 0.207. The smallest absolute Gasteiger partial charge is 0.0875 e. The summed E-state index contributed by atoms with van der Waals surface area (Å²) < 4.78 is 0.207. The maximum absolute atomic E-state index is 4.52. The molecule has 1 aliphatic heterocycles. The van der Waals surface area contributed by atoms with Crippen molar-refractivity contribution in [2.75, 3.05) is 0 Å². The van der Waals surface area contributed by atoms with Gasteiger partial charge in [-0.3, -0.25) is 4.99 Å². The number of fused-ring (bicyclic) bond motifs is 1. The molecule has 1 heterocycles. The van der Waals surface area contributed by atoms with Gasteiger partial charge in [-0.2, -0.15) is 0 Å². The van der Waals surface area contributed by atoms with Crippen LogP contribution in [0.4, 0.5) is 0 Å². The second kappa shape index (κ2) is 2.24. The van der Waals surface area contributed by atoms with Crippen LogP contribution in [-0.4, -0.2) is 15.8 Å². The third kappa shape index (κ3) is 1.06. The standard InChI is InChI=1S/C9H11NS/c1-7-10-8-5-3-4-6-9(8,2)11-7/h3-6,8H,1-2H3. The summed E-state index contributed by atoms with van der Waals surface area (Å²) in [4.78, 5) is 4.52. The van der Waals surface area contributed by atoms with Crippen molar-refractivity contribution < 1.29 is 0 Å². The van der Waals surface area contributed by atoms with Crippen LogP contribution in [-0.2, 0) is 0 Å². The highest BCUT2D eigenvalue weighted by Gasteiger charge is 2.37. The lowest BCUT2D eigenvalue weighted by Gasteiger charge is -2.25. The van der Waals surface area contributed by atoms with E-state index in [0.29, 0.717) is 6.04 Å². The second-order valence-electron chi connectivity index (χ2n) is 3.12. The predicted octanol–water partition coefficient (Wildman–Crippen LogP) is 2.40. The summed E-state index contributed by atoms with van der Waals surface area (Å²) in [5, 5.41) is 1.20. The van der Waals surface area contributed by atoms with Crippen molar-refractivity contribution in [2.24, 2.45) is 4.99 Å². The normalized spacial score (nSPS) is 40.5. The molecule has 11 heavy (non-hydrogen) atoms. The zero-order valence-electron chi connectivity index (χ0n) is 6.74. The van der Waals surface area contributed by atoms with Gasteiger partial charge in [0.05, 0.1) is 15.8 Å². The van der Waals surface area contributed by atoms with E-state index in [-0.39, 0.29) is 4.75 Å². The number of allylic oxidation sites excluding steroid dienone is 2. The van der Waals surface area contributed by atoms with Crippen LogP contribution in [0.25, 0.3) is 0 Å². The number of aliphatic imine (C=N–C) groups is 1. The van der Waals surface area contributed by atoms with E-state index in [1.54, 1.807) is 0 Å². The van der Waals surface area contributed by atoms with Crippen molar-refractivity contribution in [1.82, 2.24) is 0 Å². The van der Waals surface area contributed by atoms with Crippen LogP contribution in [0.15, 0.2) is 29.3 Å². The lowest BCUT2D eigenvalue weighted by atomic mass is 9.97. The summed E-state index contributed by atoms with van der Waals surface area (Å²) in [6, 6.07) is 0.373. The van der Waals surface area contributed by atoms with Crippen molar-refractivity contribution in [2.45, 2.75) is 24.6 Å². The fraction of sp³-hybridized carbons (Fsp3) is 0.444. The molecule has 0 aromatic carbocycles. The molecule has 2 unspecified atom stereocenters. The summed E-state index contributed by atoms with van der Waals surface area (Å²) in [7, 11) is 0. The third-order valence-corrected chi connectivity index (χ3v) is 3.33. The largest absolute Gasteiger partial charge is 0.274 e. The van der Waals surface area contributed by atoms with E-state index < -0.39 is 0 Å². The van der Waals surface area contributed by atoms with Crippen LogP contribution in [0.3, 0.4) is 0 Å². The van der Waals surface area contributed by atoms with Crippen molar-refractivity contribution in [3.63, 3.8) is 0 Å². The van der Waals surface area contributed by atoms with Gasteiger partial charge in [0.25, 0.3) is 0 Å². The summed E-state index contributed by atoms with van der Waals surface area (Å²) >= 11 is 1.86. The van der Waals surface area contributed by atoms with E-state index in [1.807, 2.05) is 11.8 Å². The van der Waals surface area contributed by atoms with Crippen LogP contribution in [0, 0.1) is 0 Å². The van der Waals surface area contributed by atoms with Gasteiger partial charge < -0.3 is 0 Å². The summed E-state index contributed by atoms with van der Waals surface area (Å²) in [5.41, 5.74) is 0. The zero-order chi connectivity index (χ0) is 7.90. The lowest BCUT2D eigenvalue weighted by Crippen LogP contribution is -2.28. The first-order valence-electron chi connectivity index (χ1n) is 3.80. The number of nitrogens with zero attached hydrogens (tertiary/aromatic N) is 1. The van der Waals surface area contributed by atoms with Gasteiger partial charge in [0.1, 0.15) is 0 Å². The molecule has 2 aliphatic rings. The first kappa shape index (κ1) is 7.17. The van der Waals surface area contributed by atoms with Gasteiger partial charge in [-0.25, -0.2) is 0 Å². The molecule has 2 atom stereocenters. The lowest BCUT2D eigenvalue weighted by molar-refractivity contribution is 0.692. The van der Waals surface area contributed by atoms with E-state index in [9.17, 15) is 0 Å².